The molecule has 1 saturated carbocycles. The Kier molecular flexibility index (Phi) is 2.67. The van der Waals surface area contributed by atoms with Crippen LogP contribution in [0.1, 0.15) is 38.4 Å². The minimum atomic E-state index is -0.871. The van der Waals surface area contributed by atoms with E-state index in [1.165, 1.54) is 12.1 Å². The van der Waals surface area contributed by atoms with E-state index in [-0.39, 0.29) is 5.82 Å². The topological polar surface area (TPSA) is 33.4 Å². The van der Waals surface area contributed by atoms with E-state index in [0.29, 0.717) is 23.7 Å². The molecule has 96 valence electrons. The van der Waals surface area contributed by atoms with Gasteiger partial charge in [-0.3, -0.25) is 0 Å². The highest BCUT2D eigenvalue weighted by molar-refractivity contribution is 5.78. The van der Waals surface area contributed by atoms with Crippen molar-refractivity contribution in [3.05, 3.63) is 35.8 Å². The lowest BCUT2D eigenvalue weighted by atomic mass is 9.89. The summed E-state index contributed by atoms with van der Waals surface area (Å²) in [4.78, 5) is 0. The van der Waals surface area contributed by atoms with Crippen LogP contribution in [0.5, 0.6) is 0 Å². The van der Waals surface area contributed by atoms with Crippen LogP contribution in [-0.2, 0) is 5.60 Å². The fourth-order valence-electron chi connectivity index (χ4n) is 2.70. The molecule has 1 aliphatic carbocycles. The van der Waals surface area contributed by atoms with Crippen molar-refractivity contribution in [1.82, 2.24) is 0 Å². The summed E-state index contributed by atoms with van der Waals surface area (Å²) in [5, 5.41) is 11.5. The van der Waals surface area contributed by atoms with Gasteiger partial charge in [0.15, 0.2) is 0 Å². The normalized spacial score (nSPS) is 19.1. The molecule has 0 saturated heterocycles. The molecular weight excluding hydrogens is 231 g/mol. The number of hydrogen-bond donors (Lipinski definition) is 1. The summed E-state index contributed by atoms with van der Waals surface area (Å²) >= 11 is 0. The van der Waals surface area contributed by atoms with Crippen LogP contribution in [0.4, 0.5) is 4.39 Å². The number of aliphatic hydroxyl groups is 1. The molecule has 1 aromatic heterocycles. The molecule has 0 spiro atoms. The predicted molar refractivity (Wildman–Crippen MR) is 67.7 cm³/mol. The minimum Gasteiger partial charge on any atom is -0.458 e. The quantitative estimate of drug-likeness (QED) is 0.888. The van der Waals surface area contributed by atoms with Crippen molar-refractivity contribution < 1.29 is 13.9 Å². The van der Waals surface area contributed by atoms with Crippen molar-refractivity contribution in [2.75, 3.05) is 0 Å². The molecule has 3 rings (SSSR count). The minimum absolute atomic E-state index is 0.277. The fourth-order valence-corrected chi connectivity index (χ4v) is 2.70. The average molecular weight is 248 g/mol. The lowest BCUT2D eigenvalue weighted by Crippen LogP contribution is -2.27. The van der Waals surface area contributed by atoms with E-state index in [1.807, 2.05) is 0 Å². The highest BCUT2D eigenvalue weighted by Gasteiger charge is 2.46. The first-order valence-electron chi connectivity index (χ1n) is 6.55. The number of hydrogen-bond acceptors (Lipinski definition) is 2. The van der Waals surface area contributed by atoms with Crippen molar-refractivity contribution in [2.45, 2.75) is 38.2 Å². The van der Waals surface area contributed by atoms with Crippen molar-refractivity contribution in [3.63, 3.8) is 0 Å². The molecule has 2 aromatic rings. The molecule has 3 heteroatoms. The second-order valence-corrected chi connectivity index (χ2v) is 5.24. The van der Waals surface area contributed by atoms with E-state index in [4.69, 9.17) is 4.42 Å². The third-order valence-corrected chi connectivity index (χ3v) is 3.79. The summed E-state index contributed by atoms with van der Waals surface area (Å²) in [5.74, 6) is 0.607. The van der Waals surface area contributed by atoms with Gasteiger partial charge in [-0.1, -0.05) is 13.3 Å². The summed E-state index contributed by atoms with van der Waals surface area (Å²) in [6.45, 7) is 2.05. The van der Waals surface area contributed by atoms with Crippen LogP contribution < -0.4 is 0 Å². The second-order valence-electron chi connectivity index (χ2n) is 5.24. The number of fused-ring (bicyclic) bond motifs is 1. The smallest absolute Gasteiger partial charge is 0.137 e. The summed E-state index contributed by atoms with van der Waals surface area (Å²) in [7, 11) is 0. The van der Waals surface area contributed by atoms with Crippen molar-refractivity contribution in [1.29, 1.82) is 0 Å². The third-order valence-electron chi connectivity index (χ3n) is 3.79. The van der Waals surface area contributed by atoms with E-state index in [2.05, 4.69) is 6.92 Å². The predicted octanol–water partition coefficient (Wildman–Crippen LogP) is 3.97. The largest absolute Gasteiger partial charge is 0.458 e. The van der Waals surface area contributed by atoms with Gasteiger partial charge >= 0.3 is 0 Å². The first kappa shape index (κ1) is 11.7. The highest BCUT2D eigenvalue weighted by atomic mass is 19.1. The summed E-state index contributed by atoms with van der Waals surface area (Å²) in [6, 6.07) is 6.23. The molecular formula is C15H17FO2. The van der Waals surface area contributed by atoms with Crippen LogP contribution in [0.2, 0.25) is 0 Å². The Morgan fingerprint density at radius 1 is 1.39 bits per heavy atom. The van der Waals surface area contributed by atoms with Gasteiger partial charge in [0.05, 0.1) is 0 Å². The Hall–Kier alpha value is -1.35. The van der Waals surface area contributed by atoms with Gasteiger partial charge in [-0.2, -0.15) is 0 Å². The SMILES string of the molecule is CCCC(O)(c1cc2cc(F)ccc2o1)C1CC1. The molecule has 1 unspecified atom stereocenters. The van der Waals surface area contributed by atoms with Gasteiger partial charge in [0, 0.05) is 5.39 Å². The number of furan rings is 1. The van der Waals surface area contributed by atoms with Gasteiger partial charge in [-0.15, -0.1) is 0 Å². The maximum atomic E-state index is 13.2. The van der Waals surface area contributed by atoms with E-state index < -0.39 is 5.60 Å². The Morgan fingerprint density at radius 2 is 2.17 bits per heavy atom. The molecule has 0 bridgehead atoms. The van der Waals surface area contributed by atoms with Crippen molar-refractivity contribution >= 4 is 11.0 Å². The zero-order valence-electron chi connectivity index (χ0n) is 10.4. The van der Waals surface area contributed by atoms with Gasteiger partial charge in [-0.25, -0.2) is 4.39 Å². The van der Waals surface area contributed by atoms with Gasteiger partial charge in [-0.05, 0) is 49.4 Å². The van der Waals surface area contributed by atoms with E-state index >= 15 is 0 Å². The van der Waals surface area contributed by atoms with Crippen LogP contribution in [0, 0.1) is 11.7 Å². The first-order chi connectivity index (χ1) is 8.63. The second kappa shape index (κ2) is 4.09. The summed E-state index contributed by atoms with van der Waals surface area (Å²) in [6.07, 6.45) is 3.68. The van der Waals surface area contributed by atoms with Crippen LogP contribution in [0.25, 0.3) is 11.0 Å². The van der Waals surface area contributed by atoms with Crippen LogP contribution in [0.3, 0.4) is 0 Å². The number of halogens is 1. The van der Waals surface area contributed by atoms with Crippen LogP contribution in [-0.4, -0.2) is 5.11 Å². The molecule has 1 N–H and O–H groups in total. The van der Waals surface area contributed by atoms with Gasteiger partial charge in [0.1, 0.15) is 22.8 Å². The summed E-state index contributed by atoms with van der Waals surface area (Å²) < 4.78 is 18.9. The zero-order valence-corrected chi connectivity index (χ0v) is 10.4. The molecule has 1 aromatic carbocycles. The molecule has 0 amide bonds. The molecule has 1 heterocycles. The van der Waals surface area contributed by atoms with Crippen molar-refractivity contribution in [2.24, 2.45) is 5.92 Å². The van der Waals surface area contributed by atoms with Crippen LogP contribution in [0.15, 0.2) is 28.7 Å². The van der Waals surface area contributed by atoms with Gasteiger partial charge in [0.25, 0.3) is 0 Å². The molecule has 0 radical (unpaired) electrons. The molecule has 18 heavy (non-hydrogen) atoms. The van der Waals surface area contributed by atoms with Crippen LogP contribution >= 0.6 is 0 Å². The lowest BCUT2D eigenvalue weighted by molar-refractivity contribution is -0.0154. The zero-order chi connectivity index (χ0) is 12.8. The number of rotatable bonds is 4. The maximum Gasteiger partial charge on any atom is 0.137 e. The highest BCUT2D eigenvalue weighted by Crippen LogP contribution is 2.49. The first-order valence-corrected chi connectivity index (χ1v) is 6.55. The fraction of sp³-hybridized carbons (Fsp3) is 0.467. The third kappa shape index (κ3) is 1.83. The average Bonchev–Trinajstić information content (AvgIpc) is 3.10. The molecule has 2 nitrogen and oxygen atoms in total. The van der Waals surface area contributed by atoms with E-state index in [9.17, 15) is 9.50 Å². The molecule has 0 aliphatic heterocycles. The Morgan fingerprint density at radius 3 is 2.83 bits per heavy atom. The van der Waals surface area contributed by atoms with Crippen molar-refractivity contribution in [3.8, 4) is 0 Å². The molecule has 1 aliphatic rings. The van der Waals surface area contributed by atoms with E-state index in [1.54, 1.807) is 12.1 Å². The number of benzene rings is 1. The standard InChI is InChI=1S/C15H17FO2/c1-2-7-15(17,11-3-4-11)14-9-10-8-12(16)5-6-13(10)18-14/h5-6,8-9,11,17H,2-4,7H2,1H3. The molecule has 1 fully saturated rings. The Bertz CT molecular complexity index is 571. The lowest BCUT2D eigenvalue weighted by Gasteiger charge is -2.25. The maximum absolute atomic E-state index is 13.2. The van der Waals surface area contributed by atoms with E-state index in [0.717, 1.165) is 24.6 Å². The molecule has 1 atom stereocenters. The summed E-state index contributed by atoms with van der Waals surface area (Å²) in [5.41, 5.74) is -0.230. The van der Waals surface area contributed by atoms with Gasteiger partial charge < -0.3 is 9.52 Å². The van der Waals surface area contributed by atoms with Gasteiger partial charge in [0.2, 0.25) is 0 Å². The monoisotopic (exact) mass is 248 g/mol. The Labute approximate surface area is 105 Å². The Balaban J connectivity index is 2.06.